The van der Waals surface area contributed by atoms with E-state index in [1.165, 1.54) is 71.4 Å². The summed E-state index contributed by atoms with van der Waals surface area (Å²) in [6, 6.07) is 16.1. The zero-order valence-corrected chi connectivity index (χ0v) is 23.6. The third kappa shape index (κ3) is 5.68. The summed E-state index contributed by atoms with van der Waals surface area (Å²) >= 11 is 1.02. The molecule has 1 amide bonds. The average Bonchev–Trinajstić information content (AvgIpc) is 3.41. The normalized spacial score (nSPS) is 11.9. The van der Waals surface area contributed by atoms with Crippen LogP contribution in [0, 0.1) is 5.82 Å². The van der Waals surface area contributed by atoms with Gasteiger partial charge in [-0.15, -0.1) is 13.2 Å². The molecular weight excluding hydrogens is 579 g/mol. The van der Waals surface area contributed by atoms with E-state index in [1.807, 2.05) is 0 Å². The van der Waals surface area contributed by atoms with Gasteiger partial charge >= 0.3 is 0 Å². The molecule has 0 aliphatic rings. The number of aromatic nitrogens is 1. The molecule has 0 aliphatic heterocycles. The van der Waals surface area contributed by atoms with Crippen molar-refractivity contribution in [2.45, 2.75) is 4.90 Å². The molecule has 5 rings (SSSR count). The fraction of sp³-hybridized carbons (Fsp3) is 0.0667. The van der Waals surface area contributed by atoms with Gasteiger partial charge in [0.25, 0.3) is 5.91 Å². The molecule has 12 heteroatoms. The van der Waals surface area contributed by atoms with E-state index in [9.17, 15) is 22.4 Å². The van der Waals surface area contributed by atoms with Gasteiger partial charge in [0.1, 0.15) is 17.7 Å². The smallest absolute Gasteiger partial charge is 0.280 e. The monoisotopic (exact) mass is 602 g/mol. The molecule has 3 aromatic carbocycles. The first kappa shape index (κ1) is 28.7. The Morgan fingerprint density at radius 2 is 1.76 bits per heavy atom. The molecular formula is C30H23FN4O5S2. The lowest BCUT2D eigenvalue weighted by Crippen LogP contribution is -2.31. The van der Waals surface area contributed by atoms with Gasteiger partial charge in [-0.1, -0.05) is 35.6 Å². The summed E-state index contributed by atoms with van der Waals surface area (Å²) in [5.41, 5.74) is 0.680. The van der Waals surface area contributed by atoms with E-state index >= 15 is 0 Å². The molecule has 0 atom stereocenters. The number of carbonyl (C=O) groups excluding carboxylic acids is 1. The van der Waals surface area contributed by atoms with Gasteiger partial charge < -0.3 is 4.42 Å². The van der Waals surface area contributed by atoms with Crippen molar-refractivity contribution in [3.05, 3.63) is 125 Å². The minimum absolute atomic E-state index is 0.0259. The van der Waals surface area contributed by atoms with Crippen molar-refractivity contribution in [2.24, 2.45) is 5.10 Å². The maximum atomic E-state index is 13.9. The number of rotatable bonds is 10. The van der Waals surface area contributed by atoms with Crippen LogP contribution in [0.3, 0.4) is 0 Å². The molecule has 212 valence electrons. The number of nitrogens with zero attached hydrogens (tertiary/aromatic N) is 4. The molecule has 0 radical (unpaired) electrons. The maximum absolute atomic E-state index is 13.9. The summed E-state index contributed by atoms with van der Waals surface area (Å²) in [4.78, 5) is 31.1. The second-order valence-electron chi connectivity index (χ2n) is 8.91. The van der Waals surface area contributed by atoms with Gasteiger partial charge in [-0.2, -0.15) is 14.4 Å². The summed E-state index contributed by atoms with van der Waals surface area (Å²) in [6.45, 7) is 7.36. The van der Waals surface area contributed by atoms with Crippen LogP contribution in [0.5, 0.6) is 0 Å². The molecule has 0 saturated heterocycles. The number of hydrogen-bond acceptors (Lipinski definition) is 8. The van der Waals surface area contributed by atoms with Gasteiger partial charge in [0.2, 0.25) is 20.6 Å². The van der Waals surface area contributed by atoms with Gasteiger partial charge in [-0.25, -0.2) is 17.8 Å². The van der Waals surface area contributed by atoms with E-state index < -0.39 is 21.7 Å². The van der Waals surface area contributed by atoms with E-state index in [2.05, 4.69) is 23.2 Å². The summed E-state index contributed by atoms with van der Waals surface area (Å²) in [5, 5.41) is 5.71. The molecule has 0 spiro atoms. The largest absolute Gasteiger partial charge is 0.463 e. The first-order valence-corrected chi connectivity index (χ1v) is 14.8. The zero-order chi connectivity index (χ0) is 29.9. The van der Waals surface area contributed by atoms with Gasteiger partial charge in [0.15, 0.2) is 0 Å². The number of hydrazone groups is 1. The highest BCUT2D eigenvalue weighted by Gasteiger charge is 2.25. The van der Waals surface area contributed by atoms with Gasteiger partial charge in [0.05, 0.1) is 32.3 Å². The van der Waals surface area contributed by atoms with Crippen LogP contribution >= 0.6 is 11.3 Å². The van der Waals surface area contributed by atoms with Crippen LogP contribution in [-0.2, 0) is 10.0 Å². The highest BCUT2D eigenvalue weighted by molar-refractivity contribution is 7.89. The topological polar surface area (TPSA) is 113 Å². The Labute approximate surface area is 244 Å². The third-order valence-corrected chi connectivity index (χ3v) is 8.98. The highest BCUT2D eigenvalue weighted by Crippen LogP contribution is 2.31. The predicted molar refractivity (Wildman–Crippen MR) is 162 cm³/mol. The Kier molecular flexibility index (Phi) is 8.20. The highest BCUT2D eigenvalue weighted by atomic mass is 32.2. The molecule has 5 aromatic rings. The van der Waals surface area contributed by atoms with Crippen molar-refractivity contribution in [1.29, 1.82) is 0 Å². The van der Waals surface area contributed by atoms with E-state index in [0.717, 1.165) is 16.3 Å². The number of fused-ring (bicyclic) bond motifs is 2. The maximum Gasteiger partial charge on any atom is 0.280 e. The molecule has 0 N–H and O–H groups in total. The van der Waals surface area contributed by atoms with Crippen molar-refractivity contribution in [3.63, 3.8) is 0 Å². The minimum atomic E-state index is -3.89. The Hall–Kier alpha value is -4.78. The Bertz CT molecular complexity index is 2010. The number of anilines is 1. The molecule has 0 aliphatic carbocycles. The third-order valence-electron chi connectivity index (χ3n) is 6.14. The van der Waals surface area contributed by atoms with Gasteiger partial charge in [0, 0.05) is 18.7 Å². The second-order valence-corrected chi connectivity index (χ2v) is 11.9. The minimum Gasteiger partial charge on any atom is -0.463 e. The van der Waals surface area contributed by atoms with E-state index in [0.29, 0.717) is 21.2 Å². The molecule has 42 heavy (non-hydrogen) atoms. The molecule has 0 fully saturated rings. The molecule has 2 aromatic heterocycles. The van der Waals surface area contributed by atoms with Crippen LogP contribution in [0.4, 0.5) is 9.52 Å². The van der Waals surface area contributed by atoms with Crippen molar-refractivity contribution >= 4 is 59.8 Å². The zero-order valence-electron chi connectivity index (χ0n) is 22.0. The van der Waals surface area contributed by atoms with Crippen molar-refractivity contribution in [2.75, 3.05) is 18.1 Å². The predicted octanol–water partition coefficient (Wildman–Crippen LogP) is 5.59. The first-order valence-electron chi connectivity index (χ1n) is 12.5. The van der Waals surface area contributed by atoms with Crippen LogP contribution in [0.2, 0.25) is 0 Å². The molecule has 0 bridgehead atoms. The molecule has 0 unspecified atom stereocenters. The second kappa shape index (κ2) is 12.0. The van der Waals surface area contributed by atoms with Crippen molar-refractivity contribution in [3.8, 4) is 0 Å². The summed E-state index contributed by atoms with van der Waals surface area (Å²) in [6.07, 6.45) is 5.36. The van der Waals surface area contributed by atoms with Gasteiger partial charge in [-0.05, 0) is 54.6 Å². The van der Waals surface area contributed by atoms with E-state index in [4.69, 9.17) is 4.42 Å². The number of amides is 1. The lowest BCUT2D eigenvalue weighted by atomic mass is 10.2. The van der Waals surface area contributed by atoms with E-state index in [-0.39, 0.29) is 39.7 Å². The standard InChI is InChI=1S/C30H23FN4O5S2/c1-3-15-34(16-4-2)42(38,39)23-12-9-20(10-13-23)29(37)35(30-33-25-14-11-22(31)17-27(25)41-30)32-18-21-19-40-26-8-6-5-7-24(26)28(21)36/h3-14,17-19H,1-2,15-16H2/b32-18+. The summed E-state index contributed by atoms with van der Waals surface area (Å²) in [7, 11) is -3.89. The Morgan fingerprint density at radius 3 is 2.48 bits per heavy atom. The molecule has 0 saturated carbocycles. The van der Waals surface area contributed by atoms with Crippen LogP contribution in [-0.4, -0.2) is 42.9 Å². The Balaban J connectivity index is 1.54. The fourth-order valence-electron chi connectivity index (χ4n) is 4.07. The van der Waals surface area contributed by atoms with Gasteiger partial charge in [-0.3, -0.25) is 9.59 Å². The quantitative estimate of drug-likeness (QED) is 0.117. The number of hydrogen-bond donors (Lipinski definition) is 0. The number of halogens is 1. The van der Waals surface area contributed by atoms with E-state index in [1.54, 1.807) is 24.3 Å². The summed E-state index contributed by atoms with van der Waals surface area (Å²) < 4.78 is 47.3. The van der Waals surface area contributed by atoms with Crippen molar-refractivity contribution in [1.82, 2.24) is 9.29 Å². The Morgan fingerprint density at radius 1 is 1.05 bits per heavy atom. The summed E-state index contributed by atoms with van der Waals surface area (Å²) in [5.74, 6) is -1.12. The molecule has 2 heterocycles. The average molecular weight is 603 g/mol. The SMILES string of the molecule is C=CCN(CC=C)S(=O)(=O)c1ccc(C(=O)N(/N=C/c2coc3ccccc3c2=O)c2nc3ccc(F)cc3s2)cc1. The number of carbonyl (C=O) groups is 1. The lowest BCUT2D eigenvalue weighted by Gasteiger charge is -2.19. The number of sulfonamides is 1. The fourth-order valence-corrected chi connectivity index (χ4v) is 6.40. The van der Waals surface area contributed by atoms with Crippen LogP contribution in [0.25, 0.3) is 21.2 Å². The lowest BCUT2D eigenvalue weighted by molar-refractivity contribution is 0.0987. The van der Waals surface area contributed by atoms with Crippen LogP contribution in [0.15, 0.2) is 118 Å². The number of thiazole rings is 1. The molecule has 9 nitrogen and oxygen atoms in total. The van der Waals surface area contributed by atoms with Crippen LogP contribution < -0.4 is 10.4 Å². The number of benzene rings is 3. The van der Waals surface area contributed by atoms with Crippen LogP contribution in [0.1, 0.15) is 15.9 Å². The van der Waals surface area contributed by atoms with Crippen molar-refractivity contribution < 1.29 is 22.0 Å². The number of para-hydroxylation sites is 1. The first-order chi connectivity index (χ1) is 20.2.